The first kappa shape index (κ1) is 24.9. The Kier molecular flexibility index (Phi) is 9.25. The van der Waals surface area contributed by atoms with Crippen molar-refractivity contribution in [1.29, 1.82) is 0 Å². The Morgan fingerprint density at radius 1 is 0.875 bits per heavy atom. The van der Waals surface area contributed by atoms with Gasteiger partial charge in [0, 0.05) is 29.9 Å². The van der Waals surface area contributed by atoms with Crippen LogP contribution >= 0.6 is 0 Å². The first-order chi connectivity index (χ1) is 15.3. The number of carbonyl (C=O) groups is 3. The zero-order valence-corrected chi connectivity index (χ0v) is 19.5. The zero-order chi connectivity index (χ0) is 23.7. The van der Waals surface area contributed by atoms with Crippen molar-refractivity contribution < 1.29 is 19.1 Å². The van der Waals surface area contributed by atoms with Gasteiger partial charge in [-0.25, -0.2) is 0 Å². The summed E-state index contributed by atoms with van der Waals surface area (Å²) in [5, 5.41) is 5.64. The van der Waals surface area contributed by atoms with Crippen molar-refractivity contribution in [2.24, 2.45) is 5.92 Å². The molecule has 0 aliphatic rings. The van der Waals surface area contributed by atoms with Crippen LogP contribution in [0.3, 0.4) is 0 Å². The normalized spacial score (nSPS) is 11.6. The van der Waals surface area contributed by atoms with Gasteiger partial charge in [0.1, 0.15) is 11.8 Å². The third kappa shape index (κ3) is 6.57. The van der Waals surface area contributed by atoms with Crippen LogP contribution in [0, 0.1) is 5.92 Å². The van der Waals surface area contributed by atoms with Crippen molar-refractivity contribution in [2.45, 2.75) is 40.7 Å². The summed E-state index contributed by atoms with van der Waals surface area (Å²) in [7, 11) is 0. The summed E-state index contributed by atoms with van der Waals surface area (Å²) in [6.07, 6.45) is 0. The van der Waals surface area contributed by atoms with Gasteiger partial charge in [0.2, 0.25) is 5.91 Å². The third-order valence-corrected chi connectivity index (χ3v) is 5.11. The Bertz CT molecular complexity index is 904. The SMILES string of the molecule is CCOc1ccc(C(=O)N[C@H](C(=O)Nc2ccc(C(=O)N(CC)CC)cc2)C(C)C)cc1. The minimum absolute atomic E-state index is 0.0458. The maximum Gasteiger partial charge on any atom is 0.253 e. The second-order valence-corrected chi connectivity index (χ2v) is 7.70. The summed E-state index contributed by atoms with van der Waals surface area (Å²) in [5.41, 5.74) is 1.58. The van der Waals surface area contributed by atoms with Crippen molar-refractivity contribution in [2.75, 3.05) is 25.0 Å². The number of carbonyl (C=O) groups excluding carboxylic acids is 3. The molecule has 0 unspecified atom stereocenters. The molecule has 0 saturated heterocycles. The van der Waals surface area contributed by atoms with Crippen LogP contribution in [0.25, 0.3) is 0 Å². The largest absolute Gasteiger partial charge is 0.494 e. The Morgan fingerprint density at radius 3 is 1.94 bits per heavy atom. The van der Waals surface area contributed by atoms with Crippen LogP contribution in [-0.4, -0.2) is 48.4 Å². The second kappa shape index (κ2) is 11.9. The Hall–Kier alpha value is -3.35. The summed E-state index contributed by atoms with van der Waals surface area (Å²) in [6, 6.07) is 12.8. The number of amides is 3. The molecule has 0 aliphatic carbocycles. The van der Waals surface area contributed by atoms with E-state index in [1.54, 1.807) is 53.4 Å². The highest BCUT2D eigenvalue weighted by molar-refractivity contribution is 6.01. The number of hydrogen-bond donors (Lipinski definition) is 2. The summed E-state index contributed by atoms with van der Waals surface area (Å²) in [5.74, 6) is -0.130. The smallest absolute Gasteiger partial charge is 0.253 e. The second-order valence-electron chi connectivity index (χ2n) is 7.70. The van der Waals surface area contributed by atoms with Gasteiger partial charge in [-0.1, -0.05) is 13.8 Å². The fourth-order valence-corrected chi connectivity index (χ4v) is 3.24. The molecule has 0 aliphatic heterocycles. The Morgan fingerprint density at radius 2 is 1.44 bits per heavy atom. The zero-order valence-electron chi connectivity index (χ0n) is 19.5. The highest BCUT2D eigenvalue weighted by Crippen LogP contribution is 2.15. The van der Waals surface area contributed by atoms with Gasteiger partial charge in [0.25, 0.3) is 11.8 Å². The van der Waals surface area contributed by atoms with E-state index in [4.69, 9.17) is 4.74 Å². The molecule has 0 spiro atoms. The molecule has 2 aromatic rings. The van der Waals surface area contributed by atoms with E-state index >= 15 is 0 Å². The molecule has 0 fully saturated rings. The predicted octanol–water partition coefficient (Wildman–Crippen LogP) is 3.96. The lowest BCUT2D eigenvalue weighted by molar-refractivity contribution is -0.118. The number of rotatable bonds is 10. The molecule has 7 heteroatoms. The van der Waals surface area contributed by atoms with Gasteiger partial charge in [-0.2, -0.15) is 0 Å². The van der Waals surface area contributed by atoms with Crippen molar-refractivity contribution in [3.05, 3.63) is 59.7 Å². The highest BCUT2D eigenvalue weighted by Gasteiger charge is 2.25. The van der Waals surface area contributed by atoms with Crippen LogP contribution in [0.5, 0.6) is 5.75 Å². The third-order valence-electron chi connectivity index (χ3n) is 5.11. The molecule has 3 amide bonds. The number of anilines is 1. The van der Waals surface area contributed by atoms with Crippen LogP contribution in [0.15, 0.2) is 48.5 Å². The van der Waals surface area contributed by atoms with Gasteiger partial charge in [-0.05, 0) is 75.2 Å². The topological polar surface area (TPSA) is 87.7 Å². The van der Waals surface area contributed by atoms with Gasteiger partial charge >= 0.3 is 0 Å². The standard InChI is InChI=1S/C25H33N3O4/c1-6-28(7-2)25(31)19-9-13-20(14-10-19)26-24(30)22(17(4)5)27-23(29)18-11-15-21(16-12-18)32-8-3/h9-17,22H,6-8H2,1-5H3,(H,26,30)(H,27,29)/t22-/m0/s1. The Labute approximate surface area is 190 Å². The fraction of sp³-hybridized carbons (Fsp3) is 0.400. The van der Waals surface area contributed by atoms with E-state index in [2.05, 4.69) is 10.6 Å². The summed E-state index contributed by atoms with van der Waals surface area (Å²) in [4.78, 5) is 39.7. The van der Waals surface area contributed by atoms with E-state index < -0.39 is 6.04 Å². The summed E-state index contributed by atoms with van der Waals surface area (Å²) in [6.45, 7) is 11.3. The van der Waals surface area contributed by atoms with Crippen molar-refractivity contribution in [1.82, 2.24) is 10.2 Å². The van der Waals surface area contributed by atoms with Crippen LogP contribution in [-0.2, 0) is 4.79 Å². The molecule has 0 radical (unpaired) electrons. The van der Waals surface area contributed by atoms with E-state index in [9.17, 15) is 14.4 Å². The Balaban J connectivity index is 2.05. The first-order valence-electron chi connectivity index (χ1n) is 11.0. The molecule has 2 rings (SSSR count). The van der Waals surface area contributed by atoms with Gasteiger partial charge < -0.3 is 20.3 Å². The van der Waals surface area contributed by atoms with E-state index in [0.29, 0.717) is 42.3 Å². The molecule has 1 atom stereocenters. The molecular formula is C25H33N3O4. The minimum atomic E-state index is -0.717. The molecule has 32 heavy (non-hydrogen) atoms. The lowest BCUT2D eigenvalue weighted by atomic mass is 10.0. The number of nitrogens with one attached hydrogen (secondary N) is 2. The molecule has 0 heterocycles. The average Bonchev–Trinajstić information content (AvgIpc) is 2.79. The van der Waals surface area contributed by atoms with E-state index in [-0.39, 0.29) is 23.6 Å². The molecule has 2 N–H and O–H groups in total. The molecule has 0 bridgehead atoms. The summed E-state index contributed by atoms with van der Waals surface area (Å²) >= 11 is 0. The molecule has 0 saturated carbocycles. The van der Waals surface area contributed by atoms with Crippen LogP contribution in [0.2, 0.25) is 0 Å². The van der Waals surface area contributed by atoms with E-state index in [1.807, 2.05) is 34.6 Å². The molecule has 2 aromatic carbocycles. The lowest BCUT2D eigenvalue weighted by Gasteiger charge is -2.22. The molecule has 7 nitrogen and oxygen atoms in total. The maximum atomic E-state index is 12.9. The first-order valence-corrected chi connectivity index (χ1v) is 11.0. The molecule has 0 aromatic heterocycles. The number of nitrogens with zero attached hydrogens (tertiary/aromatic N) is 1. The molecular weight excluding hydrogens is 406 g/mol. The number of ether oxygens (including phenoxy) is 1. The lowest BCUT2D eigenvalue weighted by Crippen LogP contribution is -2.47. The van der Waals surface area contributed by atoms with Crippen LogP contribution in [0.4, 0.5) is 5.69 Å². The van der Waals surface area contributed by atoms with E-state index in [1.165, 1.54) is 0 Å². The molecule has 172 valence electrons. The highest BCUT2D eigenvalue weighted by atomic mass is 16.5. The number of hydrogen-bond acceptors (Lipinski definition) is 4. The van der Waals surface area contributed by atoms with Gasteiger partial charge in [0.05, 0.1) is 6.61 Å². The predicted molar refractivity (Wildman–Crippen MR) is 126 cm³/mol. The van der Waals surface area contributed by atoms with Gasteiger partial charge in [-0.3, -0.25) is 14.4 Å². The van der Waals surface area contributed by atoms with Crippen molar-refractivity contribution in [3.63, 3.8) is 0 Å². The monoisotopic (exact) mass is 439 g/mol. The summed E-state index contributed by atoms with van der Waals surface area (Å²) < 4.78 is 5.39. The number of benzene rings is 2. The van der Waals surface area contributed by atoms with Gasteiger partial charge in [-0.15, -0.1) is 0 Å². The van der Waals surface area contributed by atoms with Crippen LogP contribution in [0.1, 0.15) is 55.3 Å². The van der Waals surface area contributed by atoms with Gasteiger partial charge in [0.15, 0.2) is 0 Å². The van der Waals surface area contributed by atoms with Crippen molar-refractivity contribution >= 4 is 23.4 Å². The van der Waals surface area contributed by atoms with E-state index in [0.717, 1.165) is 0 Å². The maximum absolute atomic E-state index is 12.9. The fourth-order valence-electron chi connectivity index (χ4n) is 3.24. The quantitative estimate of drug-likeness (QED) is 0.587. The average molecular weight is 440 g/mol. The van der Waals surface area contributed by atoms with Crippen LogP contribution < -0.4 is 15.4 Å². The minimum Gasteiger partial charge on any atom is -0.494 e. The van der Waals surface area contributed by atoms with Crippen molar-refractivity contribution in [3.8, 4) is 5.75 Å².